The van der Waals surface area contributed by atoms with Gasteiger partial charge in [0.25, 0.3) is 0 Å². The Balaban J connectivity index is 2.70. The summed E-state index contributed by atoms with van der Waals surface area (Å²) in [6, 6.07) is 7.62. The van der Waals surface area contributed by atoms with Gasteiger partial charge in [0.05, 0.1) is 4.70 Å². The standard InChI is InChI=1S/C7H6N4S/c8-11(9)7-10-5-3-1-2-4-6(5)12-7/h1-4H,8H2. The molecule has 0 fully saturated rings. The van der Waals surface area contributed by atoms with Gasteiger partial charge in [0.2, 0.25) is 0 Å². The van der Waals surface area contributed by atoms with Crippen LogP contribution in [0.1, 0.15) is 0 Å². The molecule has 2 aromatic rings. The van der Waals surface area contributed by atoms with E-state index in [9.17, 15) is 0 Å². The van der Waals surface area contributed by atoms with Crippen molar-refractivity contribution in [1.29, 1.82) is 0 Å². The van der Waals surface area contributed by atoms with Crippen molar-refractivity contribution in [3.8, 4) is 0 Å². The molecule has 0 radical (unpaired) electrons. The van der Waals surface area contributed by atoms with Crippen LogP contribution in [-0.2, 0) is 0 Å². The zero-order valence-electron chi connectivity index (χ0n) is 6.14. The average Bonchev–Trinajstić information content (AvgIpc) is 2.46. The Labute approximate surface area is 72.7 Å². The maximum atomic E-state index is 8.88. The van der Waals surface area contributed by atoms with Gasteiger partial charge in [-0.25, -0.2) is 0 Å². The van der Waals surface area contributed by atoms with Crippen molar-refractivity contribution in [3.63, 3.8) is 0 Å². The second kappa shape index (κ2) is 2.53. The summed E-state index contributed by atoms with van der Waals surface area (Å²) in [5.74, 6) is 5.11. The molecule has 1 aromatic carbocycles. The molecule has 0 saturated heterocycles. The Kier molecular flexibility index (Phi) is 1.51. The van der Waals surface area contributed by atoms with Crippen LogP contribution in [0.5, 0.6) is 0 Å². The topological polar surface area (TPSA) is 64.2 Å². The Morgan fingerprint density at radius 1 is 1.42 bits per heavy atom. The summed E-state index contributed by atoms with van der Waals surface area (Å²) < 4.78 is 1.01. The Hall–Kier alpha value is -1.49. The Morgan fingerprint density at radius 3 is 2.83 bits per heavy atom. The van der Waals surface area contributed by atoms with Gasteiger partial charge < -0.3 is 5.84 Å². The average molecular weight is 178 g/mol. The number of hydrogen-bond acceptors (Lipinski definition) is 2. The fourth-order valence-corrected chi connectivity index (χ4v) is 1.76. The second-order valence-electron chi connectivity index (χ2n) is 2.31. The van der Waals surface area contributed by atoms with E-state index >= 15 is 0 Å². The number of hydrazine groups is 1. The highest BCUT2D eigenvalue weighted by Gasteiger charge is 2.10. The van der Waals surface area contributed by atoms with Gasteiger partial charge in [0.1, 0.15) is 0 Å². The molecule has 0 amide bonds. The largest absolute Gasteiger partial charge is 0.393 e. The maximum Gasteiger partial charge on any atom is 0.393 e. The van der Waals surface area contributed by atoms with Crippen LogP contribution < -0.4 is 5.84 Å². The van der Waals surface area contributed by atoms with Crippen molar-refractivity contribution in [3.05, 3.63) is 29.8 Å². The van der Waals surface area contributed by atoms with Crippen LogP contribution in [0.4, 0.5) is 5.13 Å². The summed E-state index contributed by atoms with van der Waals surface area (Å²) in [5.41, 5.74) is 9.73. The molecule has 0 unspecified atom stereocenters. The van der Waals surface area contributed by atoms with Gasteiger partial charge in [-0.3, -0.25) is 5.53 Å². The van der Waals surface area contributed by atoms with E-state index in [0.717, 1.165) is 10.2 Å². The minimum Gasteiger partial charge on any atom is -0.366 e. The fraction of sp³-hybridized carbons (Fsp3) is 0. The Morgan fingerprint density at radius 2 is 2.17 bits per heavy atom. The Bertz CT molecular complexity index is 401. The third-order valence-corrected chi connectivity index (χ3v) is 2.50. The van der Waals surface area contributed by atoms with E-state index in [2.05, 4.69) is 4.98 Å². The molecular weight excluding hydrogens is 172 g/mol. The highest BCUT2D eigenvalue weighted by molar-refractivity contribution is 7.21. The summed E-state index contributed by atoms with van der Waals surface area (Å²) in [7, 11) is 0. The molecule has 60 valence electrons. The number of fused-ring (bicyclic) bond motifs is 1. The van der Waals surface area contributed by atoms with Gasteiger partial charge in [0.15, 0.2) is 5.52 Å². The van der Waals surface area contributed by atoms with Crippen molar-refractivity contribution in [2.75, 3.05) is 0 Å². The van der Waals surface area contributed by atoms with E-state index in [0.29, 0.717) is 9.94 Å². The third-order valence-electron chi connectivity index (χ3n) is 1.48. The number of hydrogen-bond donors (Lipinski definition) is 1. The molecule has 2 N–H and O–H groups in total. The van der Waals surface area contributed by atoms with Crippen molar-refractivity contribution >= 4 is 26.7 Å². The van der Waals surface area contributed by atoms with Crippen LogP contribution in [0.25, 0.3) is 15.7 Å². The highest BCUT2D eigenvalue weighted by Crippen LogP contribution is 2.25. The van der Waals surface area contributed by atoms with Crippen LogP contribution in [0.3, 0.4) is 0 Å². The molecule has 2 rings (SSSR count). The molecule has 0 bridgehead atoms. The van der Waals surface area contributed by atoms with Crippen LogP contribution >= 0.6 is 11.3 Å². The minimum absolute atomic E-state index is 0.399. The first-order valence-corrected chi connectivity index (χ1v) is 4.18. The number of para-hydroxylation sites is 1. The van der Waals surface area contributed by atoms with Gasteiger partial charge in [-0.1, -0.05) is 12.1 Å². The van der Waals surface area contributed by atoms with E-state index in [1.165, 1.54) is 11.3 Å². The van der Waals surface area contributed by atoms with Gasteiger partial charge in [-0.05, 0) is 28.5 Å². The lowest BCUT2D eigenvalue weighted by Crippen LogP contribution is -2.06. The molecule has 0 aliphatic heterocycles. The lowest BCUT2D eigenvalue weighted by Gasteiger charge is -1.87. The van der Waals surface area contributed by atoms with E-state index in [1.54, 1.807) is 0 Å². The molecule has 0 aliphatic rings. The van der Waals surface area contributed by atoms with Crippen molar-refractivity contribution in [1.82, 2.24) is 4.98 Å². The van der Waals surface area contributed by atoms with Crippen molar-refractivity contribution < 1.29 is 4.81 Å². The number of nitrogens with zero attached hydrogens (tertiary/aromatic N) is 3. The summed E-state index contributed by atoms with van der Waals surface area (Å²) in [4.78, 5) is 4.61. The lowest BCUT2D eigenvalue weighted by atomic mass is 10.3. The van der Waals surface area contributed by atoms with Crippen LogP contribution in [0.15, 0.2) is 24.3 Å². The maximum absolute atomic E-state index is 8.88. The predicted octanol–water partition coefficient (Wildman–Crippen LogP) is 1.84. The molecule has 1 heterocycles. The number of aromatic nitrogens is 1. The van der Waals surface area contributed by atoms with E-state index < -0.39 is 0 Å². The zero-order chi connectivity index (χ0) is 8.55. The number of benzene rings is 1. The molecule has 0 spiro atoms. The smallest absolute Gasteiger partial charge is 0.366 e. The SMILES string of the molecule is [N-]=[N+](N)c1nc2ccccc2s1. The molecule has 1 aromatic heterocycles. The number of thiazole rings is 1. The minimum atomic E-state index is 0.399. The van der Waals surface area contributed by atoms with Crippen LogP contribution in [-0.4, -0.2) is 9.79 Å². The van der Waals surface area contributed by atoms with Gasteiger partial charge >= 0.3 is 5.13 Å². The predicted molar refractivity (Wildman–Crippen MR) is 47.1 cm³/mol. The number of nitrogens with two attached hydrogens (primary N) is 1. The molecule has 12 heavy (non-hydrogen) atoms. The monoisotopic (exact) mass is 178 g/mol. The van der Waals surface area contributed by atoms with Crippen LogP contribution in [0, 0.1) is 0 Å². The quantitative estimate of drug-likeness (QED) is 0.313. The summed E-state index contributed by atoms with van der Waals surface area (Å²) >= 11 is 1.35. The molecule has 0 atom stereocenters. The zero-order valence-corrected chi connectivity index (χ0v) is 6.95. The van der Waals surface area contributed by atoms with E-state index in [-0.39, 0.29) is 0 Å². The molecular formula is C7H6N4S. The highest BCUT2D eigenvalue weighted by atomic mass is 32.1. The normalized spacial score (nSPS) is 10.3. The first-order valence-electron chi connectivity index (χ1n) is 3.36. The van der Waals surface area contributed by atoms with E-state index in [4.69, 9.17) is 11.4 Å². The summed E-state index contributed by atoms with van der Waals surface area (Å²) in [5, 5.41) is 0.399. The molecule has 0 saturated carbocycles. The fourth-order valence-electron chi connectivity index (χ4n) is 0.958. The second-order valence-corrected chi connectivity index (χ2v) is 3.32. The lowest BCUT2D eigenvalue weighted by molar-refractivity contribution is -0.474. The van der Waals surface area contributed by atoms with Gasteiger partial charge in [0, 0.05) is 0 Å². The summed E-state index contributed by atoms with van der Waals surface area (Å²) in [6.45, 7) is 0. The first kappa shape index (κ1) is 7.17. The van der Waals surface area contributed by atoms with Crippen LogP contribution in [0.2, 0.25) is 0 Å². The molecule has 4 nitrogen and oxygen atoms in total. The summed E-state index contributed by atoms with van der Waals surface area (Å²) in [6.07, 6.45) is 0. The first-order chi connectivity index (χ1) is 5.77. The van der Waals surface area contributed by atoms with Gasteiger partial charge in [-0.2, -0.15) is 4.81 Å². The molecule has 5 heteroatoms. The van der Waals surface area contributed by atoms with Crippen molar-refractivity contribution in [2.45, 2.75) is 0 Å². The van der Waals surface area contributed by atoms with Crippen molar-refractivity contribution in [2.24, 2.45) is 5.84 Å². The third kappa shape index (κ3) is 1.04. The van der Waals surface area contributed by atoms with E-state index in [1.807, 2.05) is 24.3 Å². The molecule has 0 aliphatic carbocycles. The number of rotatable bonds is 1. The van der Waals surface area contributed by atoms with Gasteiger partial charge in [-0.15, -0.1) is 0 Å².